The summed E-state index contributed by atoms with van der Waals surface area (Å²) in [6, 6.07) is -0.408. The van der Waals surface area contributed by atoms with E-state index in [2.05, 4.69) is 12.2 Å². The van der Waals surface area contributed by atoms with E-state index in [-0.39, 0.29) is 0 Å². The third-order valence-corrected chi connectivity index (χ3v) is 2.89. The van der Waals surface area contributed by atoms with Crippen LogP contribution in [0.4, 0.5) is 0 Å². The Hall–Kier alpha value is -0.570. The predicted octanol–water partition coefficient (Wildman–Crippen LogP) is 1.63. The first kappa shape index (κ1) is 10.5. The van der Waals surface area contributed by atoms with Gasteiger partial charge in [0.1, 0.15) is 6.04 Å². The summed E-state index contributed by atoms with van der Waals surface area (Å²) in [5.41, 5.74) is 0.443. The van der Waals surface area contributed by atoms with Gasteiger partial charge in [-0.05, 0) is 31.6 Å². The van der Waals surface area contributed by atoms with Crippen LogP contribution < -0.4 is 5.32 Å². The van der Waals surface area contributed by atoms with Crippen LogP contribution in [0.2, 0.25) is 0 Å². The lowest BCUT2D eigenvalue weighted by molar-refractivity contribution is -0.139. The van der Waals surface area contributed by atoms with Crippen LogP contribution in [0, 0.1) is 5.41 Å². The molecule has 1 fully saturated rings. The Morgan fingerprint density at radius 3 is 2.62 bits per heavy atom. The van der Waals surface area contributed by atoms with Gasteiger partial charge in [0, 0.05) is 6.54 Å². The van der Waals surface area contributed by atoms with Crippen molar-refractivity contribution in [2.45, 2.75) is 45.6 Å². The van der Waals surface area contributed by atoms with Crippen molar-refractivity contribution >= 4 is 5.97 Å². The summed E-state index contributed by atoms with van der Waals surface area (Å²) in [6.07, 6.45) is 4.95. The Balaban J connectivity index is 2.22. The van der Waals surface area contributed by atoms with Gasteiger partial charge in [0.05, 0.1) is 0 Å². The molecule has 0 amide bonds. The summed E-state index contributed by atoms with van der Waals surface area (Å²) in [5.74, 6) is -0.757. The normalized spacial score (nSPS) is 21.1. The first-order valence-corrected chi connectivity index (χ1v) is 5.06. The van der Waals surface area contributed by atoms with Crippen LogP contribution in [-0.4, -0.2) is 23.7 Å². The second-order valence-electron chi connectivity index (χ2n) is 4.19. The number of hydrogen-bond donors (Lipinski definition) is 2. The fourth-order valence-corrected chi connectivity index (χ4v) is 1.68. The van der Waals surface area contributed by atoms with Gasteiger partial charge in [0.15, 0.2) is 0 Å². The van der Waals surface area contributed by atoms with Crippen molar-refractivity contribution in [1.29, 1.82) is 0 Å². The Kier molecular flexibility index (Phi) is 3.31. The van der Waals surface area contributed by atoms with Crippen molar-refractivity contribution in [2.75, 3.05) is 6.54 Å². The molecule has 1 aliphatic rings. The maximum Gasteiger partial charge on any atom is 0.320 e. The minimum Gasteiger partial charge on any atom is -0.480 e. The molecule has 1 atom stereocenters. The van der Waals surface area contributed by atoms with E-state index >= 15 is 0 Å². The molecule has 0 heterocycles. The average Bonchev–Trinajstić information content (AvgIpc) is 2.82. The molecular formula is C10H19NO2. The summed E-state index contributed by atoms with van der Waals surface area (Å²) < 4.78 is 0. The number of hydrogen-bond acceptors (Lipinski definition) is 2. The molecule has 76 valence electrons. The van der Waals surface area contributed by atoms with E-state index in [1.54, 1.807) is 6.92 Å². The van der Waals surface area contributed by atoms with Gasteiger partial charge in [-0.2, -0.15) is 0 Å². The van der Waals surface area contributed by atoms with E-state index in [0.717, 1.165) is 6.54 Å². The number of carboxylic acids is 1. The SMILES string of the molecule is CCCC1(CNC(C)C(=O)O)CC1. The van der Waals surface area contributed by atoms with Gasteiger partial charge in [0.2, 0.25) is 0 Å². The minimum absolute atomic E-state index is 0.408. The molecule has 0 aromatic heterocycles. The molecule has 0 spiro atoms. The van der Waals surface area contributed by atoms with E-state index in [1.807, 2.05) is 0 Å². The third kappa shape index (κ3) is 2.99. The number of nitrogens with one attached hydrogen (secondary N) is 1. The molecule has 0 aliphatic heterocycles. The van der Waals surface area contributed by atoms with E-state index in [1.165, 1.54) is 25.7 Å². The average molecular weight is 185 g/mol. The van der Waals surface area contributed by atoms with E-state index in [9.17, 15) is 4.79 Å². The fourth-order valence-electron chi connectivity index (χ4n) is 1.68. The van der Waals surface area contributed by atoms with Crippen LogP contribution in [-0.2, 0) is 4.79 Å². The maximum absolute atomic E-state index is 10.5. The van der Waals surface area contributed by atoms with E-state index < -0.39 is 12.0 Å². The molecule has 0 bridgehead atoms. The highest BCUT2D eigenvalue weighted by Crippen LogP contribution is 2.48. The molecule has 3 nitrogen and oxygen atoms in total. The van der Waals surface area contributed by atoms with Crippen molar-refractivity contribution < 1.29 is 9.90 Å². The van der Waals surface area contributed by atoms with Gasteiger partial charge in [0.25, 0.3) is 0 Å². The highest BCUT2D eigenvalue weighted by molar-refractivity contribution is 5.72. The van der Waals surface area contributed by atoms with E-state index in [0.29, 0.717) is 5.41 Å². The van der Waals surface area contributed by atoms with Crippen LogP contribution in [0.1, 0.15) is 39.5 Å². The van der Waals surface area contributed by atoms with E-state index in [4.69, 9.17) is 5.11 Å². The smallest absolute Gasteiger partial charge is 0.320 e. The van der Waals surface area contributed by atoms with Gasteiger partial charge < -0.3 is 10.4 Å². The lowest BCUT2D eigenvalue weighted by Crippen LogP contribution is -2.37. The summed E-state index contributed by atoms with van der Waals surface area (Å²) >= 11 is 0. The molecule has 1 unspecified atom stereocenters. The van der Waals surface area contributed by atoms with Gasteiger partial charge in [-0.3, -0.25) is 4.79 Å². The Morgan fingerprint density at radius 2 is 2.23 bits per heavy atom. The number of carbonyl (C=O) groups is 1. The quantitative estimate of drug-likeness (QED) is 0.661. The summed E-state index contributed by atoms with van der Waals surface area (Å²) in [7, 11) is 0. The summed E-state index contributed by atoms with van der Waals surface area (Å²) in [5, 5.41) is 11.7. The highest BCUT2D eigenvalue weighted by atomic mass is 16.4. The first-order chi connectivity index (χ1) is 6.09. The van der Waals surface area contributed by atoms with Crippen LogP contribution >= 0.6 is 0 Å². The van der Waals surface area contributed by atoms with Gasteiger partial charge in [-0.25, -0.2) is 0 Å². The predicted molar refractivity (Wildman–Crippen MR) is 51.7 cm³/mol. The fraction of sp³-hybridized carbons (Fsp3) is 0.900. The molecule has 0 radical (unpaired) electrons. The van der Waals surface area contributed by atoms with Crippen LogP contribution in [0.5, 0.6) is 0 Å². The molecule has 1 saturated carbocycles. The second kappa shape index (κ2) is 4.09. The maximum atomic E-state index is 10.5. The number of rotatable bonds is 6. The lowest BCUT2D eigenvalue weighted by Gasteiger charge is -2.16. The lowest BCUT2D eigenvalue weighted by atomic mass is 10.0. The van der Waals surface area contributed by atoms with Crippen molar-refractivity contribution in [3.8, 4) is 0 Å². The van der Waals surface area contributed by atoms with Gasteiger partial charge in [-0.15, -0.1) is 0 Å². The van der Waals surface area contributed by atoms with Crippen molar-refractivity contribution in [3.63, 3.8) is 0 Å². The molecule has 0 aromatic rings. The zero-order valence-electron chi connectivity index (χ0n) is 8.47. The standard InChI is InChI=1S/C10H19NO2/c1-3-4-10(5-6-10)7-11-8(2)9(12)13/h8,11H,3-7H2,1-2H3,(H,12,13). The number of carboxylic acid groups (broad SMARTS) is 1. The molecule has 1 rings (SSSR count). The van der Waals surface area contributed by atoms with Crippen LogP contribution in [0.25, 0.3) is 0 Å². The zero-order chi connectivity index (χ0) is 9.90. The summed E-state index contributed by atoms with van der Waals surface area (Å²) in [6.45, 7) is 4.75. The molecule has 2 N–H and O–H groups in total. The summed E-state index contributed by atoms with van der Waals surface area (Å²) in [4.78, 5) is 10.5. The highest BCUT2D eigenvalue weighted by Gasteiger charge is 2.41. The minimum atomic E-state index is -0.757. The van der Waals surface area contributed by atoms with Crippen LogP contribution in [0.3, 0.4) is 0 Å². The van der Waals surface area contributed by atoms with Gasteiger partial charge in [-0.1, -0.05) is 13.3 Å². The van der Waals surface area contributed by atoms with Crippen molar-refractivity contribution in [2.24, 2.45) is 5.41 Å². The molecular weight excluding hydrogens is 166 g/mol. The molecule has 13 heavy (non-hydrogen) atoms. The van der Waals surface area contributed by atoms with Crippen molar-refractivity contribution in [1.82, 2.24) is 5.32 Å². The largest absolute Gasteiger partial charge is 0.480 e. The van der Waals surface area contributed by atoms with Crippen LogP contribution in [0.15, 0.2) is 0 Å². The molecule has 1 aliphatic carbocycles. The second-order valence-corrected chi connectivity index (χ2v) is 4.19. The Morgan fingerprint density at radius 1 is 1.62 bits per heavy atom. The third-order valence-electron chi connectivity index (χ3n) is 2.89. The Bertz CT molecular complexity index is 187. The molecule has 0 aromatic carbocycles. The Labute approximate surface area is 79.5 Å². The monoisotopic (exact) mass is 185 g/mol. The molecule has 0 saturated heterocycles. The molecule has 3 heteroatoms. The number of aliphatic carboxylic acids is 1. The van der Waals surface area contributed by atoms with Crippen molar-refractivity contribution in [3.05, 3.63) is 0 Å². The zero-order valence-corrected chi connectivity index (χ0v) is 8.47. The topological polar surface area (TPSA) is 49.3 Å². The van der Waals surface area contributed by atoms with Gasteiger partial charge >= 0.3 is 5.97 Å². The first-order valence-electron chi connectivity index (χ1n) is 5.06.